The van der Waals surface area contributed by atoms with Crippen LogP contribution in [0.3, 0.4) is 0 Å². The average molecular weight is 326 g/mol. The van der Waals surface area contributed by atoms with E-state index in [0.29, 0.717) is 12.2 Å². The second kappa shape index (κ2) is 9.06. The molecule has 1 amide bonds. The van der Waals surface area contributed by atoms with Crippen LogP contribution in [-0.4, -0.2) is 22.7 Å². The molecule has 1 N–H and O–H groups in total. The molecule has 4 nitrogen and oxygen atoms in total. The van der Waals surface area contributed by atoms with E-state index in [2.05, 4.69) is 18.0 Å². The maximum atomic E-state index is 11.3. The highest BCUT2D eigenvalue weighted by Crippen LogP contribution is 2.22. The molecule has 128 valence electrons. The number of anilines is 1. The van der Waals surface area contributed by atoms with Crippen LogP contribution in [0.4, 0.5) is 10.5 Å². The first-order chi connectivity index (χ1) is 11.7. The predicted octanol–water partition coefficient (Wildman–Crippen LogP) is 5.38. The normalized spacial score (nSPS) is 10.6. The summed E-state index contributed by atoms with van der Waals surface area (Å²) in [7, 11) is 0. The van der Waals surface area contributed by atoms with Crippen molar-refractivity contribution in [2.75, 3.05) is 11.4 Å². The molecule has 0 spiro atoms. The lowest BCUT2D eigenvalue weighted by Crippen LogP contribution is -2.29. The molecule has 4 heteroatoms. The fourth-order valence-electron chi connectivity index (χ4n) is 2.69. The van der Waals surface area contributed by atoms with Gasteiger partial charge in [-0.2, -0.15) is 0 Å². The van der Waals surface area contributed by atoms with E-state index in [1.165, 1.54) is 29.7 Å². The third kappa shape index (κ3) is 4.82. The van der Waals surface area contributed by atoms with Gasteiger partial charge in [-0.1, -0.05) is 44.9 Å². The fraction of sp³-hybridized carbons (Fsp3) is 0.400. The maximum absolute atomic E-state index is 11.3. The van der Waals surface area contributed by atoms with Gasteiger partial charge in [-0.25, -0.2) is 4.79 Å². The largest absolute Gasteiger partial charge is 0.465 e. The second-order valence-electron chi connectivity index (χ2n) is 5.99. The Kier molecular flexibility index (Phi) is 6.79. The Morgan fingerprint density at radius 1 is 1.04 bits per heavy atom. The lowest BCUT2D eigenvalue weighted by atomic mass is 10.1. The summed E-state index contributed by atoms with van der Waals surface area (Å²) >= 11 is 0. The molecule has 24 heavy (non-hydrogen) atoms. The van der Waals surface area contributed by atoms with Crippen molar-refractivity contribution in [2.45, 2.75) is 46.0 Å². The molecule has 2 rings (SSSR count). The molecule has 1 heterocycles. The number of unbranched alkanes of at least 4 members (excludes halogenated alkanes) is 2. The number of carboxylic acid groups (broad SMARTS) is 1. The maximum Gasteiger partial charge on any atom is 0.411 e. The first kappa shape index (κ1) is 18.0. The molecule has 0 fully saturated rings. The predicted molar refractivity (Wildman–Crippen MR) is 98.6 cm³/mol. The van der Waals surface area contributed by atoms with Gasteiger partial charge in [0.05, 0.1) is 5.69 Å². The molecule has 0 aliphatic carbocycles. The van der Waals surface area contributed by atoms with Crippen molar-refractivity contribution in [1.29, 1.82) is 0 Å². The van der Waals surface area contributed by atoms with Crippen molar-refractivity contribution < 1.29 is 9.90 Å². The lowest BCUT2D eigenvalue weighted by molar-refractivity contribution is 0.202. The van der Waals surface area contributed by atoms with Gasteiger partial charge >= 0.3 is 6.09 Å². The summed E-state index contributed by atoms with van der Waals surface area (Å²) in [6.45, 7) is 4.67. The summed E-state index contributed by atoms with van der Waals surface area (Å²) in [6.07, 6.45) is 6.57. The van der Waals surface area contributed by atoms with Crippen molar-refractivity contribution in [3.8, 4) is 11.3 Å². The molecule has 0 radical (unpaired) electrons. The van der Waals surface area contributed by atoms with Crippen LogP contribution in [-0.2, 0) is 6.42 Å². The molecule has 0 aliphatic heterocycles. The summed E-state index contributed by atoms with van der Waals surface area (Å²) in [5.74, 6) is 0. The molecular formula is C20H26N2O2. The topological polar surface area (TPSA) is 53.4 Å². The smallest absolute Gasteiger partial charge is 0.411 e. The minimum atomic E-state index is -0.917. The van der Waals surface area contributed by atoms with Gasteiger partial charge in [0.15, 0.2) is 0 Å². The zero-order valence-corrected chi connectivity index (χ0v) is 14.5. The van der Waals surface area contributed by atoms with Crippen LogP contribution < -0.4 is 4.90 Å². The zero-order chi connectivity index (χ0) is 17.4. The summed E-state index contributed by atoms with van der Waals surface area (Å²) < 4.78 is 0. The Bertz CT molecular complexity index is 636. The molecular weight excluding hydrogens is 300 g/mol. The number of hydrogen-bond donors (Lipinski definition) is 1. The van der Waals surface area contributed by atoms with Gasteiger partial charge in [0.25, 0.3) is 0 Å². The van der Waals surface area contributed by atoms with Crippen molar-refractivity contribution >= 4 is 11.8 Å². The number of aromatic nitrogens is 1. The number of aryl methyl sites for hydroxylation is 1. The van der Waals surface area contributed by atoms with E-state index >= 15 is 0 Å². The first-order valence-electron chi connectivity index (χ1n) is 8.71. The van der Waals surface area contributed by atoms with Crippen LogP contribution in [0, 0.1) is 0 Å². The molecule has 0 bridgehead atoms. The van der Waals surface area contributed by atoms with Gasteiger partial charge in [-0.3, -0.25) is 9.88 Å². The van der Waals surface area contributed by atoms with Crippen LogP contribution in [0.25, 0.3) is 11.3 Å². The summed E-state index contributed by atoms with van der Waals surface area (Å²) in [5.41, 5.74) is 3.88. The van der Waals surface area contributed by atoms with Gasteiger partial charge in [0.2, 0.25) is 0 Å². The van der Waals surface area contributed by atoms with Crippen LogP contribution in [0.2, 0.25) is 0 Å². The number of amides is 1. The molecule has 2 aromatic rings. The standard InChI is InChI=1S/C20H26N2O2/c1-3-5-6-7-16-8-13-19(21-15-16)17-9-11-18(12-10-17)22(14-4-2)20(23)24/h8-13,15H,3-7,14H2,1-2H3,(H,23,24). The monoisotopic (exact) mass is 326 g/mol. The quantitative estimate of drug-likeness (QED) is 0.663. The number of pyridine rings is 1. The minimum absolute atomic E-state index is 0.499. The van der Waals surface area contributed by atoms with Crippen molar-refractivity contribution in [3.05, 3.63) is 48.2 Å². The van der Waals surface area contributed by atoms with Crippen molar-refractivity contribution in [2.24, 2.45) is 0 Å². The Hall–Kier alpha value is -2.36. The molecule has 0 saturated heterocycles. The van der Waals surface area contributed by atoms with Gasteiger partial charge in [-0.05, 0) is 43.0 Å². The van der Waals surface area contributed by atoms with E-state index in [-0.39, 0.29) is 0 Å². The van der Waals surface area contributed by atoms with E-state index in [1.54, 1.807) is 0 Å². The summed E-state index contributed by atoms with van der Waals surface area (Å²) in [5, 5.41) is 9.28. The molecule has 1 aromatic carbocycles. The van der Waals surface area contributed by atoms with Crippen molar-refractivity contribution in [3.63, 3.8) is 0 Å². The Labute approximate surface area is 144 Å². The number of rotatable bonds is 8. The number of carbonyl (C=O) groups is 1. The fourth-order valence-corrected chi connectivity index (χ4v) is 2.69. The van der Waals surface area contributed by atoms with E-state index in [1.807, 2.05) is 43.5 Å². The van der Waals surface area contributed by atoms with E-state index in [4.69, 9.17) is 0 Å². The van der Waals surface area contributed by atoms with Crippen LogP contribution >= 0.6 is 0 Å². The van der Waals surface area contributed by atoms with Gasteiger partial charge in [-0.15, -0.1) is 0 Å². The van der Waals surface area contributed by atoms with Gasteiger partial charge in [0.1, 0.15) is 0 Å². The highest BCUT2D eigenvalue weighted by Gasteiger charge is 2.13. The average Bonchev–Trinajstić information content (AvgIpc) is 2.60. The highest BCUT2D eigenvalue weighted by molar-refractivity contribution is 5.86. The van der Waals surface area contributed by atoms with E-state index in [0.717, 1.165) is 24.1 Å². The van der Waals surface area contributed by atoms with Gasteiger partial charge < -0.3 is 5.11 Å². The second-order valence-corrected chi connectivity index (χ2v) is 5.99. The Balaban J connectivity index is 2.08. The number of benzene rings is 1. The number of hydrogen-bond acceptors (Lipinski definition) is 2. The molecule has 0 aliphatic rings. The van der Waals surface area contributed by atoms with Crippen molar-refractivity contribution in [1.82, 2.24) is 4.98 Å². The molecule has 0 saturated carbocycles. The Morgan fingerprint density at radius 2 is 1.79 bits per heavy atom. The van der Waals surface area contributed by atoms with Crippen LogP contribution in [0.5, 0.6) is 0 Å². The zero-order valence-electron chi connectivity index (χ0n) is 14.5. The van der Waals surface area contributed by atoms with E-state index < -0.39 is 6.09 Å². The third-order valence-corrected chi connectivity index (χ3v) is 4.05. The third-order valence-electron chi connectivity index (χ3n) is 4.05. The Morgan fingerprint density at radius 3 is 2.33 bits per heavy atom. The summed E-state index contributed by atoms with van der Waals surface area (Å²) in [4.78, 5) is 17.2. The van der Waals surface area contributed by atoms with E-state index in [9.17, 15) is 9.90 Å². The molecule has 0 atom stereocenters. The van der Waals surface area contributed by atoms with Crippen LogP contribution in [0.15, 0.2) is 42.6 Å². The highest BCUT2D eigenvalue weighted by atomic mass is 16.4. The molecule has 0 unspecified atom stereocenters. The first-order valence-corrected chi connectivity index (χ1v) is 8.71. The molecule has 1 aromatic heterocycles. The van der Waals surface area contributed by atoms with Gasteiger partial charge in [0, 0.05) is 24.0 Å². The summed E-state index contributed by atoms with van der Waals surface area (Å²) in [6, 6.07) is 11.7. The van der Waals surface area contributed by atoms with Crippen LogP contribution in [0.1, 0.15) is 45.1 Å². The SMILES string of the molecule is CCCCCc1ccc(-c2ccc(N(CCC)C(=O)O)cc2)nc1. The number of nitrogens with zero attached hydrogens (tertiary/aromatic N) is 2. The minimum Gasteiger partial charge on any atom is -0.465 e. The lowest BCUT2D eigenvalue weighted by Gasteiger charge is -2.18.